The number of amides is 2. The van der Waals surface area contributed by atoms with Crippen LogP contribution >= 0.6 is 0 Å². The highest BCUT2D eigenvalue weighted by Crippen LogP contribution is 2.17. The monoisotopic (exact) mass is 303 g/mol. The molecule has 2 aromatic rings. The molecular weight excluding hydrogens is 282 g/mol. The Morgan fingerprint density at radius 1 is 1.36 bits per heavy atom. The first-order valence-corrected chi connectivity index (χ1v) is 7.76. The van der Waals surface area contributed by atoms with Gasteiger partial charge in [-0.3, -0.25) is 4.57 Å². The molecule has 6 heteroatoms. The van der Waals surface area contributed by atoms with Crippen LogP contribution in [0.5, 0.6) is 0 Å². The van der Waals surface area contributed by atoms with Gasteiger partial charge in [0.25, 0.3) is 0 Å². The molecule has 1 aromatic carbocycles. The zero-order valence-electron chi connectivity index (χ0n) is 12.7. The molecule has 1 aromatic heterocycles. The average molecular weight is 303 g/mol. The fourth-order valence-electron chi connectivity index (χ4n) is 2.96. The molecule has 0 radical (unpaired) electrons. The molecule has 118 valence electrons. The van der Waals surface area contributed by atoms with E-state index in [4.69, 9.17) is 4.42 Å². The normalized spacial score (nSPS) is 15.3. The summed E-state index contributed by atoms with van der Waals surface area (Å²) in [6.07, 6.45) is 5.27. The predicted molar refractivity (Wildman–Crippen MR) is 83.9 cm³/mol. The van der Waals surface area contributed by atoms with E-state index in [2.05, 4.69) is 10.6 Å². The smallest absolute Gasteiger partial charge is 0.408 e. The maximum atomic E-state index is 11.8. The highest BCUT2D eigenvalue weighted by atomic mass is 16.4. The molecule has 1 saturated carbocycles. The standard InChI is InChI=1S/C16H21N3O3/c1-19-13-7-6-11(10-14(13)22-16(19)21)8-9-17-15(20)18-12-4-2-3-5-12/h6-7,10,12H,2-5,8-9H2,1H3,(H2,17,18,20). The molecule has 2 N–H and O–H groups in total. The second-order valence-electron chi connectivity index (χ2n) is 5.86. The van der Waals surface area contributed by atoms with E-state index in [0.717, 1.165) is 23.9 Å². The number of aromatic nitrogens is 1. The van der Waals surface area contributed by atoms with Gasteiger partial charge in [-0.05, 0) is 37.0 Å². The number of nitrogens with one attached hydrogen (secondary N) is 2. The van der Waals surface area contributed by atoms with E-state index in [1.54, 1.807) is 7.05 Å². The van der Waals surface area contributed by atoms with Crippen LogP contribution in [0.25, 0.3) is 11.1 Å². The minimum Gasteiger partial charge on any atom is -0.408 e. The topological polar surface area (TPSA) is 76.3 Å². The van der Waals surface area contributed by atoms with Crippen molar-refractivity contribution in [2.75, 3.05) is 6.54 Å². The number of carbonyl (C=O) groups excluding carboxylic acids is 1. The summed E-state index contributed by atoms with van der Waals surface area (Å²) in [5, 5.41) is 5.87. The summed E-state index contributed by atoms with van der Waals surface area (Å²) >= 11 is 0. The Labute approximate surface area is 128 Å². The second kappa shape index (κ2) is 6.25. The molecule has 0 spiro atoms. The number of benzene rings is 1. The summed E-state index contributed by atoms with van der Waals surface area (Å²) in [4.78, 5) is 23.2. The summed E-state index contributed by atoms with van der Waals surface area (Å²) in [6, 6.07) is 5.91. The summed E-state index contributed by atoms with van der Waals surface area (Å²) in [7, 11) is 1.68. The van der Waals surface area contributed by atoms with E-state index >= 15 is 0 Å². The number of carbonyl (C=O) groups is 1. The molecule has 2 amide bonds. The van der Waals surface area contributed by atoms with Crippen molar-refractivity contribution in [1.29, 1.82) is 0 Å². The van der Waals surface area contributed by atoms with E-state index in [-0.39, 0.29) is 11.8 Å². The first kappa shape index (κ1) is 14.7. The Hall–Kier alpha value is -2.24. The maximum absolute atomic E-state index is 11.8. The van der Waals surface area contributed by atoms with Crippen LogP contribution in [0.3, 0.4) is 0 Å². The van der Waals surface area contributed by atoms with Crippen molar-refractivity contribution in [3.8, 4) is 0 Å². The lowest BCUT2D eigenvalue weighted by molar-refractivity contribution is 0.237. The van der Waals surface area contributed by atoms with Gasteiger partial charge in [-0.2, -0.15) is 0 Å². The van der Waals surface area contributed by atoms with Crippen LogP contribution in [-0.2, 0) is 13.5 Å². The van der Waals surface area contributed by atoms with Gasteiger partial charge in [0.15, 0.2) is 5.58 Å². The first-order chi connectivity index (χ1) is 10.6. The van der Waals surface area contributed by atoms with Crippen LogP contribution in [0.4, 0.5) is 4.79 Å². The van der Waals surface area contributed by atoms with Gasteiger partial charge in [-0.25, -0.2) is 9.59 Å². The van der Waals surface area contributed by atoms with Crippen LogP contribution < -0.4 is 16.4 Å². The van der Waals surface area contributed by atoms with Crippen LogP contribution in [0.2, 0.25) is 0 Å². The average Bonchev–Trinajstić information content (AvgIpc) is 3.08. The number of urea groups is 1. The Bertz CT molecular complexity index is 726. The maximum Gasteiger partial charge on any atom is 0.419 e. The van der Waals surface area contributed by atoms with Gasteiger partial charge in [-0.15, -0.1) is 0 Å². The number of rotatable bonds is 4. The molecule has 0 atom stereocenters. The van der Waals surface area contributed by atoms with Gasteiger partial charge in [-0.1, -0.05) is 18.9 Å². The number of fused-ring (bicyclic) bond motifs is 1. The molecule has 1 fully saturated rings. The summed E-state index contributed by atoms with van der Waals surface area (Å²) in [6.45, 7) is 0.557. The molecule has 3 rings (SSSR count). The zero-order chi connectivity index (χ0) is 15.5. The molecule has 0 aliphatic heterocycles. The van der Waals surface area contributed by atoms with Crippen molar-refractivity contribution in [3.05, 3.63) is 34.3 Å². The van der Waals surface area contributed by atoms with Crippen molar-refractivity contribution in [1.82, 2.24) is 15.2 Å². The van der Waals surface area contributed by atoms with Gasteiger partial charge >= 0.3 is 11.8 Å². The number of aryl methyl sites for hydroxylation is 1. The van der Waals surface area contributed by atoms with Crippen molar-refractivity contribution in [2.45, 2.75) is 38.1 Å². The van der Waals surface area contributed by atoms with Crippen LogP contribution in [0.1, 0.15) is 31.2 Å². The van der Waals surface area contributed by atoms with Crippen LogP contribution in [-0.4, -0.2) is 23.2 Å². The SMILES string of the molecule is Cn1c(=O)oc2cc(CCNC(=O)NC3CCCC3)ccc21. The predicted octanol–water partition coefficient (Wildman–Crippen LogP) is 1.92. The molecule has 6 nitrogen and oxygen atoms in total. The molecule has 0 saturated heterocycles. The molecular formula is C16H21N3O3. The third-order valence-corrected chi connectivity index (χ3v) is 4.25. The van der Waals surface area contributed by atoms with E-state index in [1.165, 1.54) is 17.4 Å². The van der Waals surface area contributed by atoms with E-state index in [1.807, 2.05) is 18.2 Å². The van der Waals surface area contributed by atoms with Crippen LogP contribution in [0.15, 0.2) is 27.4 Å². The molecule has 1 heterocycles. The molecule has 22 heavy (non-hydrogen) atoms. The minimum absolute atomic E-state index is 0.0979. The van der Waals surface area contributed by atoms with Gasteiger partial charge in [0.1, 0.15) is 0 Å². The quantitative estimate of drug-likeness (QED) is 0.906. The lowest BCUT2D eigenvalue weighted by Gasteiger charge is -2.12. The Morgan fingerprint density at radius 3 is 2.91 bits per heavy atom. The Balaban J connectivity index is 1.53. The Morgan fingerprint density at radius 2 is 2.14 bits per heavy atom. The highest BCUT2D eigenvalue weighted by Gasteiger charge is 2.16. The van der Waals surface area contributed by atoms with E-state index in [9.17, 15) is 9.59 Å². The molecule has 0 unspecified atom stereocenters. The molecule has 1 aliphatic rings. The van der Waals surface area contributed by atoms with Crippen LogP contribution in [0, 0.1) is 0 Å². The minimum atomic E-state index is -0.360. The zero-order valence-corrected chi connectivity index (χ0v) is 12.7. The van der Waals surface area contributed by atoms with Gasteiger partial charge < -0.3 is 15.1 Å². The fraction of sp³-hybridized carbons (Fsp3) is 0.500. The first-order valence-electron chi connectivity index (χ1n) is 7.76. The lowest BCUT2D eigenvalue weighted by Crippen LogP contribution is -2.41. The van der Waals surface area contributed by atoms with Crippen molar-refractivity contribution in [2.24, 2.45) is 7.05 Å². The van der Waals surface area contributed by atoms with Gasteiger partial charge in [0.2, 0.25) is 0 Å². The second-order valence-corrected chi connectivity index (χ2v) is 5.86. The van der Waals surface area contributed by atoms with E-state index < -0.39 is 0 Å². The number of oxazole rings is 1. The fourth-order valence-corrected chi connectivity index (χ4v) is 2.96. The molecule has 1 aliphatic carbocycles. The number of nitrogens with zero attached hydrogens (tertiary/aromatic N) is 1. The Kier molecular flexibility index (Phi) is 4.18. The molecule has 0 bridgehead atoms. The summed E-state index contributed by atoms with van der Waals surface area (Å²) < 4.78 is 6.64. The van der Waals surface area contributed by atoms with Crippen molar-refractivity contribution in [3.63, 3.8) is 0 Å². The third kappa shape index (κ3) is 3.16. The lowest BCUT2D eigenvalue weighted by atomic mass is 10.1. The van der Waals surface area contributed by atoms with Crippen molar-refractivity contribution < 1.29 is 9.21 Å². The van der Waals surface area contributed by atoms with Gasteiger partial charge in [0, 0.05) is 19.6 Å². The highest BCUT2D eigenvalue weighted by molar-refractivity contribution is 5.75. The number of hydrogen-bond acceptors (Lipinski definition) is 3. The van der Waals surface area contributed by atoms with Gasteiger partial charge in [0.05, 0.1) is 5.52 Å². The number of hydrogen-bond donors (Lipinski definition) is 2. The third-order valence-electron chi connectivity index (χ3n) is 4.25. The summed E-state index contributed by atoms with van der Waals surface area (Å²) in [5.74, 6) is -0.360. The summed E-state index contributed by atoms with van der Waals surface area (Å²) in [5.41, 5.74) is 2.39. The van der Waals surface area contributed by atoms with Crippen molar-refractivity contribution >= 4 is 17.1 Å². The van der Waals surface area contributed by atoms with E-state index in [0.29, 0.717) is 24.6 Å². The largest absolute Gasteiger partial charge is 0.419 e.